The maximum atomic E-state index is 11.9. The smallest absolute Gasteiger partial charge is 0.224 e. The first-order chi connectivity index (χ1) is 9.15. The van der Waals surface area contributed by atoms with Crippen LogP contribution in [0.4, 0.5) is 0 Å². The van der Waals surface area contributed by atoms with Crippen molar-refractivity contribution in [2.45, 2.75) is 12.5 Å². The van der Waals surface area contributed by atoms with Gasteiger partial charge >= 0.3 is 0 Å². The summed E-state index contributed by atoms with van der Waals surface area (Å²) in [5.74, 6) is 0.0712. The zero-order valence-electron chi connectivity index (χ0n) is 11.2. The molecule has 0 bridgehead atoms. The molecule has 1 atom stereocenters. The molecule has 1 aliphatic rings. The van der Waals surface area contributed by atoms with E-state index < -0.39 is 0 Å². The minimum atomic E-state index is 0.0712. The molecule has 104 valence electrons. The molecule has 1 fully saturated rings. The summed E-state index contributed by atoms with van der Waals surface area (Å²) in [6.07, 6.45) is 0.421. The van der Waals surface area contributed by atoms with Gasteiger partial charge in [-0.1, -0.05) is 34.1 Å². The first kappa shape index (κ1) is 14.5. The molecule has 4 nitrogen and oxygen atoms in total. The summed E-state index contributed by atoms with van der Waals surface area (Å²) in [5, 5.41) is 6.41. The highest BCUT2D eigenvalue weighted by Crippen LogP contribution is 2.16. The molecule has 1 heterocycles. The second kappa shape index (κ2) is 7.03. The quantitative estimate of drug-likeness (QED) is 0.868. The molecule has 1 saturated heterocycles. The Morgan fingerprint density at radius 1 is 1.53 bits per heavy atom. The van der Waals surface area contributed by atoms with Crippen molar-refractivity contribution in [1.29, 1.82) is 0 Å². The Balaban J connectivity index is 1.77. The van der Waals surface area contributed by atoms with Crippen LogP contribution in [0.1, 0.15) is 5.56 Å². The third kappa shape index (κ3) is 4.60. The number of hydrogen-bond donors (Lipinski definition) is 2. The summed E-state index contributed by atoms with van der Waals surface area (Å²) >= 11 is 3.46. The first-order valence-electron chi connectivity index (χ1n) is 6.57. The van der Waals surface area contributed by atoms with Gasteiger partial charge in [-0.2, -0.15) is 0 Å². The van der Waals surface area contributed by atoms with Crippen LogP contribution in [0.15, 0.2) is 28.7 Å². The molecular weight excluding hydrogens is 306 g/mol. The Labute approximate surface area is 122 Å². The van der Waals surface area contributed by atoms with E-state index in [-0.39, 0.29) is 5.91 Å². The van der Waals surface area contributed by atoms with E-state index in [0.717, 1.165) is 29.7 Å². The third-order valence-electron chi connectivity index (χ3n) is 3.31. The predicted octanol–water partition coefficient (Wildman–Crippen LogP) is 1.01. The summed E-state index contributed by atoms with van der Waals surface area (Å²) < 4.78 is 0.987. The molecule has 0 radical (unpaired) electrons. The number of piperazine rings is 1. The number of likely N-dealkylation sites (N-methyl/N-ethyl adjacent to an activating group) is 1. The number of carbonyl (C=O) groups excluding carboxylic acids is 1. The molecule has 1 aliphatic heterocycles. The first-order valence-corrected chi connectivity index (χ1v) is 7.36. The number of carbonyl (C=O) groups is 1. The van der Waals surface area contributed by atoms with E-state index in [1.165, 1.54) is 0 Å². The van der Waals surface area contributed by atoms with Gasteiger partial charge < -0.3 is 15.5 Å². The highest BCUT2D eigenvalue weighted by atomic mass is 79.9. The lowest BCUT2D eigenvalue weighted by Crippen LogP contribution is -2.53. The van der Waals surface area contributed by atoms with Crippen LogP contribution in [0.25, 0.3) is 0 Å². The van der Waals surface area contributed by atoms with Crippen LogP contribution in [0.5, 0.6) is 0 Å². The van der Waals surface area contributed by atoms with Crippen LogP contribution in [0, 0.1) is 0 Å². The van der Waals surface area contributed by atoms with E-state index >= 15 is 0 Å². The topological polar surface area (TPSA) is 44.4 Å². The van der Waals surface area contributed by atoms with Crippen LogP contribution in [0.3, 0.4) is 0 Å². The summed E-state index contributed by atoms with van der Waals surface area (Å²) in [5.41, 5.74) is 1.02. The summed E-state index contributed by atoms with van der Waals surface area (Å²) in [6, 6.07) is 8.18. The number of halogens is 1. The van der Waals surface area contributed by atoms with E-state index in [4.69, 9.17) is 0 Å². The van der Waals surface area contributed by atoms with Crippen LogP contribution in [-0.4, -0.2) is 50.1 Å². The van der Waals surface area contributed by atoms with Crippen LogP contribution >= 0.6 is 15.9 Å². The highest BCUT2D eigenvalue weighted by Gasteiger charge is 2.17. The van der Waals surface area contributed by atoms with Crippen LogP contribution in [-0.2, 0) is 11.2 Å². The molecule has 2 rings (SSSR count). The molecule has 0 aliphatic carbocycles. The number of nitrogens with zero attached hydrogens (tertiary/aromatic N) is 1. The molecule has 0 saturated carbocycles. The lowest BCUT2D eigenvalue weighted by atomic mass is 10.1. The Hall–Kier alpha value is -0.910. The van der Waals surface area contributed by atoms with Crippen molar-refractivity contribution in [2.75, 3.05) is 33.2 Å². The fourth-order valence-electron chi connectivity index (χ4n) is 2.24. The average Bonchev–Trinajstić information content (AvgIpc) is 2.39. The van der Waals surface area contributed by atoms with E-state index in [0.29, 0.717) is 19.0 Å². The molecular formula is C14H20BrN3O. The molecule has 1 amide bonds. The fraction of sp³-hybridized carbons (Fsp3) is 0.500. The van der Waals surface area contributed by atoms with Gasteiger partial charge in [0, 0.05) is 36.7 Å². The minimum Gasteiger partial charge on any atom is -0.354 e. The standard InChI is InChI=1S/C14H20BrN3O/c1-18-7-6-16-12(10-18)9-17-14(19)8-11-4-2-3-5-13(11)15/h2-5,12,16H,6-10H2,1H3,(H,17,19). The van der Waals surface area contributed by atoms with E-state index in [9.17, 15) is 4.79 Å². The lowest BCUT2D eigenvalue weighted by molar-refractivity contribution is -0.120. The van der Waals surface area contributed by atoms with Crippen molar-refractivity contribution in [1.82, 2.24) is 15.5 Å². The molecule has 1 aromatic rings. The van der Waals surface area contributed by atoms with Crippen molar-refractivity contribution in [3.05, 3.63) is 34.3 Å². The van der Waals surface area contributed by atoms with Gasteiger partial charge in [0.25, 0.3) is 0 Å². The van der Waals surface area contributed by atoms with Gasteiger partial charge in [-0.3, -0.25) is 4.79 Å². The van der Waals surface area contributed by atoms with Crippen LogP contribution in [0.2, 0.25) is 0 Å². The summed E-state index contributed by atoms with van der Waals surface area (Å²) in [4.78, 5) is 14.2. The normalized spacial score (nSPS) is 20.2. The summed E-state index contributed by atoms with van der Waals surface area (Å²) in [7, 11) is 2.11. The van der Waals surface area contributed by atoms with Crippen molar-refractivity contribution < 1.29 is 4.79 Å². The number of amides is 1. The van der Waals surface area contributed by atoms with Crippen molar-refractivity contribution in [3.63, 3.8) is 0 Å². The van der Waals surface area contributed by atoms with Gasteiger partial charge in [0.05, 0.1) is 6.42 Å². The molecule has 19 heavy (non-hydrogen) atoms. The Morgan fingerprint density at radius 3 is 3.05 bits per heavy atom. The maximum absolute atomic E-state index is 11.9. The van der Waals surface area contributed by atoms with E-state index in [1.54, 1.807) is 0 Å². The van der Waals surface area contributed by atoms with Gasteiger partial charge in [0.1, 0.15) is 0 Å². The third-order valence-corrected chi connectivity index (χ3v) is 4.09. The van der Waals surface area contributed by atoms with Crippen molar-refractivity contribution >= 4 is 21.8 Å². The Kier molecular flexibility index (Phi) is 5.36. The number of benzene rings is 1. The SMILES string of the molecule is CN1CCNC(CNC(=O)Cc2ccccc2Br)C1. The van der Waals surface area contributed by atoms with Crippen molar-refractivity contribution in [2.24, 2.45) is 0 Å². The van der Waals surface area contributed by atoms with Gasteiger partial charge in [0.2, 0.25) is 5.91 Å². The monoisotopic (exact) mass is 325 g/mol. The largest absolute Gasteiger partial charge is 0.354 e. The maximum Gasteiger partial charge on any atom is 0.224 e. The number of rotatable bonds is 4. The highest BCUT2D eigenvalue weighted by molar-refractivity contribution is 9.10. The van der Waals surface area contributed by atoms with Gasteiger partial charge in [-0.25, -0.2) is 0 Å². The van der Waals surface area contributed by atoms with Gasteiger partial charge in [-0.05, 0) is 18.7 Å². The zero-order chi connectivity index (χ0) is 13.7. The molecule has 5 heteroatoms. The Bertz CT molecular complexity index is 438. The van der Waals surface area contributed by atoms with Crippen LogP contribution < -0.4 is 10.6 Å². The lowest BCUT2D eigenvalue weighted by Gasteiger charge is -2.30. The van der Waals surface area contributed by atoms with E-state index in [2.05, 4.69) is 38.5 Å². The molecule has 1 aromatic carbocycles. The van der Waals surface area contributed by atoms with Gasteiger partial charge in [0.15, 0.2) is 0 Å². The second-order valence-electron chi connectivity index (χ2n) is 4.99. The fourth-order valence-corrected chi connectivity index (χ4v) is 2.67. The minimum absolute atomic E-state index is 0.0712. The molecule has 1 unspecified atom stereocenters. The molecule has 0 spiro atoms. The second-order valence-corrected chi connectivity index (χ2v) is 5.84. The number of nitrogens with one attached hydrogen (secondary N) is 2. The zero-order valence-corrected chi connectivity index (χ0v) is 12.7. The average molecular weight is 326 g/mol. The predicted molar refractivity (Wildman–Crippen MR) is 80.1 cm³/mol. The number of hydrogen-bond acceptors (Lipinski definition) is 3. The van der Waals surface area contributed by atoms with Crippen molar-refractivity contribution in [3.8, 4) is 0 Å². The summed E-state index contributed by atoms with van der Waals surface area (Å²) in [6.45, 7) is 3.73. The molecule has 0 aromatic heterocycles. The molecule has 2 N–H and O–H groups in total. The Morgan fingerprint density at radius 2 is 2.32 bits per heavy atom. The van der Waals surface area contributed by atoms with Gasteiger partial charge in [-0.15, -0.1) is 0 Å². The van der Waals surface area contributed by atoms with E-state index in [1.807, 2.05) is 24.3 Å².